The Hall–Kier alpha value is -0.870. The Labute approximate surface area is 117 Å². The van der Waals surface area contributed by atoms with E-state index in [1.165, 1.54) is 31.5 Å². The van der Waals surface area contributed by atoms with Gasteiger partial charge in [0, 0.05) is 12.7 Å². The molecule has 1 saturated heterocycles. The maximum atomic E-state index is 4.51. The van der Waals surface area contributed by atoms with Crippen molar-refractivity contribution in [2.24, 2.45) is 5.92 Å². The molecule has 4 heteroatoms. The third kappa shape index (κ3) is 3.37. The van der Waals surface area contributed by atoms with Crippen molar-refractivity contribution in [3.05, 3.63) is 18.0 Å². The number of likely N-dealkylation sites (tertiary alicyclic amines) is 1. The van der Waals surface area contributed by atoms with Crippen LogP contribution in [0, 0.1) is 5.92 Å². The molecule has 1 aliphatic rings. The van der Waals surface area contributed by atoms with E-state index in [0.717, 1.165) is 19.5 Å². The molecule has 0 saturated carbocycles. The first-order chi connectivity index (χ1) is 9.27. The summed E-state index contributed by atoms with van der Waals surface area (Å²) in [4.78, 5) is 2.53. The van der Waals surface area contributed by atoms with E-state index in [9.17, 15) is 0 Å². The van der Waals surface area contributed by atoms with Crippen LogP contribution in [0.25, 0.3) is 0 Å². The fourth-order valence-corrected chi connectivity index (χ4v) is 3.36. The summed E-state index contributed by atoms with van der Waals surface area (Å²) in [7, 11) is 4.33. The van der Waals surface area contributed by atoms with Gasteiger partial charge < -0.3 is 5.32 Å². The van der Waals surface area contributed by atoms with Crippen LogP contribution in [0.3, 0.4) is 0 Å². The SMILES string of the molecule is CCCn1nccc1C1C(CNC)CCCCN1C. The summed E-state index contributed by atoms with van der Waals surface area (Å²) >= 11 is 0. The van der Waals surface area contributed by atoms with Crippen LogP contribution in [0.5, 0.6) is 0 Å². The van der Waals surface area contributed by atoms with Crippen LogP contribution in [0.15, 0.2) is 12.3 Å². The van der Waals surface area contributed by atoms with Crippen LogP contribution < -0.4 is 5.32 Å². The van der Waals surface area contributed by atoms with Gasteiger partial charge in [-0.15, -0.1) is 0 Å². The summed E-state index contributed by atoms with van der Waals surface area (Å²) in [5.41, 5.74) is 1.39. The lowest BCUT2D eigenvalue weighted by Crippen LogP contribution is -2.35. The lowest BCUT2D eigenvalue weighted by atomic mass is 9.92. The minimum atomic E-state index is 0.504. The topological polar surface area (TPSA) is 33.1 Å². The van der Waals surface area contributed by atoms with Crippen LogP contribution in [-0.4, -0.2) is 41.9 Å². The summed E-state index contributed by atoms with van der Waals surface area (Å²) in [6, 6.07) is 2.72. The molecule has 19 heavy (non-hydrogen) atoms. The Kier molecular flexibility index (Phi) is 5.40. The first kappa shape index (κ1) is 14.5. The van der Waals surface area contributed by atoms with Crippen molar-refractivity contribution in [3.8, 4) is 0 Å². The second-order valence-electron chi connectivity index (χ2n) is 5.72. The van der Waals surface area contributed by atoms with E-state index in [4.69, 9.17) is 0 Å². The summed E-state index contributed by atoms with van der Waals surface area (Å²) in [6.45, 7) is 5.53. The van der Waals surface area contributed by atoms with E-state index in [2.05, 4.69) is 47.1 Å². The fourth-order valence-electron chi connectivity index (χ4n) is 3.36. The van der Waals surface area contributed by atoms with Gasteiger partial charge in [0.15, 0.2) is 0 Å². The zero-order chi connectivity index (χ0) is 13.7. The number of hydrogen-bond acceptors (Lipinski definition) is 3. The van der Waals surface area contributed by atoms with Gasteiger partial charge in [-0.3, -0.25) is 9.58 Å². The van der Waals surface area contributed by atoms with Gasteiger partial charge in [-0.05, 0) is 58.4 Å². The fraction of sp³-hybridized carbons (Fsp3) is 0.800. The molecule has 0 bridgehead atoms. The smallest absolute Gasteiger partial charge is 0.0559 e. The third-order valence-electron chi connectivity index (χ3n) is 4.21. The normalized spacial score (nSPS) is 25.4. The molecule has 2 heterocycles. The molecule has 0 aliphatic carbocycles. The van der Waals surface area contributed by atoms with E-state index in [1.54, 1.807) is 0 Å². The molecule has 0 spiro atoms. The number of rotatable bonds is 5. The van der Waals surface area contributed by atoms with Gasteiger partial charge in [0.05, 0.1) is 11.7 Å². The number of aromatic nitrogens is 2. The molecular weight excluding hydrogens is 236 g/mol. The molecule has 1 aromatic rings. The predicted molar refractivity (Wildman–Crippen MR) is 79.2 cm³/mol. The first-order valence-corrected chi connectivity index (χ1v) is 7.64. The van der Waals surface area contributed by atoms with Crippen LogP contribution in [0.4, 0.5) is 0 Å². The van der Waals surface area contributed by atoms with E-state index >= 15 is 0 Å². The zero-order valence-electron chi connectivity index (χ0n) is 12.6. The highest BCUT2D eigenvalue weighted by molar-refractivity contribution is 5.10. The van der Waals surface area contributed by atoms with E-state index in [1.807, 2.05) is 6.20 Å². The Balaban J connectivity index is 2.26. The van der Waals surface area contributed by atoms with E-state index < -0.39 is 0 Å². The molecule has 1 aromatic heterocycles. The second-order valence-corrected chi connectivity index (χ2v) is 5.72. The Morgan fingerprint density at radius 3 is 3.00 bits per heavy atom. The van der Waals surface area contributed by atoms with Crippen molar-refractivity contribution in [1.29, 1.82) is 0 Å². The van der Waals surface area contributed by atoms with Gasteiger partial charge in [0.25, 0.3) is 0 Å². The number of nitrogens with zero attached hydrogens (tertiary/aromatic N) is 3. The lowest BCUT2D eigenvalue weighted by molar-refractivity contribution is 0.180. The maximum Gasteiger partial charge on any atom is 0.0559 e. The number of aryl methyl sites for hydroxylation is 1. The van der Waals surface area contributed by atoms with Crippen LogP contribution in [0.1, 0.15) is 44.3 Å². The van der Waals surface area contributed by atoms with Gasteiger partial charge in [-0.1, -0.05) is 13.3 Å². The molecule has 1 aliphatic heterocycles. The van der Waals surface area contributed by atoms with Gasteiger partial charge in [-0.25, -0.2) is 0 Å². The van der Waals surface area contributed by atoms with Crippen molar-refractivity contribution in [3.63, 3.8) is 0 Å². The predicted octanol–water partition coefficient (Wildman–Crippen LogP) is 2.29. The average molecular weight is 264 g/mol. The number of hydrogen-bond donors (Lipinski definition) is 1. The lowest BCUT2D eigenvalue weighted by Gasteiger charge is -2.32. The highest BCUT2D eigenvalue weighted by Gasteiger charge is 2.30. The molecule has 1 N–H and O–H groups in total. The van der Waals surface area contributed by atoms with E-state index in [-0.39, 0.29) is 0 Å². The van der Waals surface area contributed by atoms with Crippen molar-refractivity contribution < 1.29 is 0 Å². The van der Waals surface area contributed by atoms with Crippen LogP contribution in [0.2, 0.25) is 0 Å². The summed E-state index contributed by atoms with van der Waals surface area (Å²) in [5, 5.41) is 7.88. The first-order valence-electron chi connectivity index (χ1n) is 7.64. The van der Waals surface area contributed by atoms with Gasteiger partial charge >= 0.3 is 0 Å². The quantitative estimate of drug-likeness (QED) is 0.886. The monoisotopic (exact) mass is 264 g/mol. The molecule has 2 atom stereocenters. The van der Waals surface area contributed by atoms with Gasteiger partial charge in [0.2, 0.25) is 0 Å². The Bertz CT molecular complexity index is 374. The minimum Gasteiger partial charge on any atom is -0.319 e. The molecular formula is C15H28N4. The highest BCUT2D eigenvalue weighted by atomic mass is 15.3. The molecule has 0 amide bonds. The molecule has 1 fully saturated rings. The second kappa shape index (κ2) is 7.06. The standard InChI is InChI=1S/C15H28N4/c1-4-10-19-14(8-9-17-19)15-13(12-16-2)7-5-6-11-18(15)3/h8-9,13,15-16H,4-7,10-12H2,1-3H3. The molecule has 0 radical (unpaired) electrons. The largest absolute Gasteiger partial charge is 0.319 e. The van der Waals surface area contributed by atoms with Crippen molar-refractivity contribution in [1.82, 2.24) is 20.0 Å². The summed E-state index contributed by atoms with van der Waals surface area (Å²) < 4.78 is 2.20. The van der Waals surface area contributed by atoms with Crippen LogP contribution >= 0.6 is 0 Å². The third-order valence-corrected chi connectivity index (χ3v) is 4.21. The van der Waals surface area contributed by atoms with Crippen molar-refractivity contribution >= 4 is 0 Å². The van der Waals surface area contributed by atoms with Crippen molar-refractivity contribution in [2.45, 2.75) is 45.2 Å². The molecule has 4 nitrogen and oxygen atoms in total. The van der Waals surface area contributed by atoms with Crippen molar-refractivity contribution in [2.75, 3.05) is 27.2 Å². The van der Waals surface area contributed by atoms with Gasteiger partial charge in [-0.2, -0.15) is 5.10 Å². The molecule has 2 unspecified atom stereocenters. The van der Waals surface area contributed by atoms with Crippen LogP contribution in [-0.2, 0) is 6.54 Å². The van der Waals surface area contributed by atoms with Gasteiger partial charge in [0.1, 0.15) is 0 Å². The Morgan fingerprint density at radius 2 is 2.26 bits per heavy atom. The maximum absolute atomic E-state index is 4.51. The molecule has 2 rings (SSSR count). The highest BCUT2D eigenvalue weighted by Crippen LogP contribution is 2.33. The Morgan fingerprint density at radius 1 is 1.42 bits per heavy atom. The molecule has 108 valence electrons. The summed E-state index contributed by atoms with van der Waals surface area (Å²) in [6.07, 6.45) is 7.07. The van der Waals surface area contributed by atoms with E-state index in [0.29, 0.717) is 12.0 Å². The average Bonchev–Trinajstić information content (AvgIpc) is 2.76. The minimum absolute atomic E-state index is 0.504. The summed E-state index contributed by atoms with van der Waals surface area (Å²) in [5.74, 6) is 0.685. The number of nitrogens with one attached hydrogen (secondary N) is 1. The zero-order valence-corrected chi connectivity index (χ0v) is 12.6. The molecule has 0 aromatic carbocycles.